The van der Waals surface area contributed by atoms with Crippen LogP contribution in [0.25, 0.3) is 5.57 Å². The number of nitrogens with zero attached hydrogens (tertiary/aromatic N) is 4. The van der Waals surface area contributed by atoms with Gasteiger partial charge in [0, 0.05) is 19.3 Å². The molecule has 6 nitrogen and oxygen atoms in total. The summed E-state index contributed by atoms with van der Waals surface area (Å²) in [5, 5.41) is 2.34. The molecule has 0 spiro atoms. The van der Waals surface area contributed by atoms with Crippen LogP contribution in [-0.4, -0.2) is 33.9 Å². The quantitative estimate of drug-likeness (QED) is 0.612. The standard InChI is InChI=1S/C22H18F3N5O.ClH/c1-13-7-9-30(21-17(25)6-3-8-26-21)12-14(13)18-10-28-19(11-27-18)29-22(31)20-15(23)4-2-5-16(20)24;/h2-6,8,10-11H,7,9,12H2,1H3,(H,28,29,31);1H. The number of nitrogens with one attached hydrogen (secondary N) is 1. The van der Waals surface area contributed by atoms with Gasteiger partial charge >= 0.3 is 0 Å². The molecule has 4 rings (SSSR count). The Balaban J connectivity index is 0.00000289. The number of pyridine rings is 1. The van der Waals surface area contributed by atoms with Crippen molar-refractivity contribution in [3.63, 3.8) is 0 Å². The fraction of sp³-hybridized carbons (Fsp3) is 0.182. The van der Waals surface area contributed by atoms with Crippen molar-refractivity contribution in [3.05, 3.63) is 83.2 Å². The third kappa shape index (κ3) is 4.72. The Labute approximate surface area is 188 Å². The second kappa shape index (κ2) is 9.78. The van der Waals surface area contributed by atoms with Gasteiger partial charge < -0.3 is 10.2 Å². The van der Waals surface area contributed by atoms with Gasteiger partial charge in [-0.1, -0.05) is 11.6 Å². The van der Waals surface area contributed by atoms with Crippen LogP contribution in [0.2, 0.25) is 0 Å². The smallest absolute Gasteiger partial charge is 0.262 e. The van der Waals surface area contributed by atoms with Crippen LogP contribution in [0.1, 0.15) is 29.4 Å². The van der Waals surface area contributed by atoms with Crippen molar-refractivity contribution >= 4 is 35.5 Å². The van der Waals surface area contributed by atoms with Crippen molar-refractivity contribution in [2.75, 3.05) is 23.3 Å². The molecule has 1 N–H and O–H groups in total. The SMILES string of the molecule is CC1=C(c2cnc(NC(=O)c3c(F)cccc3F)cn2)CN(c2ncccc2F)CC1.Cl. The average Bonchev–Trinajstić information content (AvgIpc) is 2.75. The molecule has 3 heterocycles. The molecule has 10 heteroatoms. The van der Waals surface area contributed by atoms with Crippen LogP contribution in [0.5, 0.6) is 0 Å². The molecule has 0 saturated heterocycles. The molecule has 32 heavy (non-hydrogen) atoms. The van der Waals surface area contributed by atoms with Gasteiger partial charge in [-0.3, -0.25) is 9.78 Å². The predicted octanol–water partition coefficient (Wildman–Crippen LogP) is 4.65. The predicted molar refractivity (Wildman–Crippen MR) is 117 cm³/mol. The van der Waals surface area contributed by atoms with Gasteiger partial charge in [-0.25, -0.2) is 23.1 Å². The second-order valence-corrected chi connectivity index (χ2v) is 7.08. The normalized spacial score (nSPS) is 13.6. The molecule has 3 aromatic rings. The molecule has 0 aliphatic carbocycles. The lowest BCUT2D eigenvalue weighted by Gasteiger charge is -2.30. The number of aromatic nitrogens is 3. The maximum absolute atomic E-state index is 14.1. The van der Waals surface area contributed by atoms with Crippen molar-refractivity contribution in [1.29, 1.82) is 0 Å². The summed E-state index contributed by atoms with van der Waals surface area (Å²) in [5.41, 5.74) is 1.84. The Morgan fingerprint density at radius 3 is 2.38 bits per heavy atom. The van der Waals surface area contributed by atoms with Gasteiger partial charge in [-0.2, -0.15) is 0 Å². The van der Waals surface area contributed by atoms with E-state index >= 15 is 0 Å². The van der Waals surface area contributed by atoms with Crippen molar-refractivity contribution in [2.45, 2.75) is 13.3 Å². The molecule has 0 atom stereocenters. The molecule has 0 unspecified atom stereocenters. The number of anilines is 2. The highest BCUT2D eigenvalue weighted by molar-refractivity contribution is 6.04. The van der Waals surface area contributed by atoms with E-state index in [0.717, 1.165) is 23.3 Å². The average molecular weight is 462 g/mol. The lowest BCUT2D eigenvalue weighted by molar-refractivity contribution is 0.101. The Bertz CT molecular complexity index is 1150. The first-order valence-electron chi connectivity index (χ1n) is 9.56. The number of halogens is 4. The van der Waals surface area contributed by atoms with E-state index < -0.39 is 28.9 Å². The maximum atomic E-state index is 14.1. The fourth-order valence-corrected chi connectivity index (χ4v) is 3.39. The van der Waals surface area contributed by atoms with E-state index in [2.05, 4.69) is 20.3 Å². The summed E-state index contributed by atoms with van der Waals surface area (Å²) in [7, 11) is 0. The molecule has 0 saturated carbocycles. The fourth-order valence-electron chi connectivity index (χ4n) is 3.39. The van der Waals surface area contributed by atoms with Gasteiger partial charge in [0.05, 0.1) is 18.1 Å². The minimum absolute atomic E-state index is 0. The Hall–Kier alpha value is -3.46. The van der Waals surface area contributed by atoms with E-state index in [9.17, 15) is 18.0 Å². The molecule has 1 aliphatic heterocycles. The Morgan fingerprint density at radius 2 is 1.72 bits per heavy atom. The van der Waals surface area contributed by atoms with Crippen LogP contribution in [0.4, 0.5) is 24.8 Å². The number of benzene rings is 1. The number of amides is 1. The van der Waals surface area contributed by atoms with E-state index in [1.54, 1.807) is 6.20 Å². The van der Waals surface area contributed by atoms with Crippen molar-refractivity contribution in [3.8, 4) is 0 Å². The largest absolute Gasteiger partial charge is 0.349 e. The highest BCUT2D eigenvalue weighted by atomic mass is 35.5. The van der Waals surface area contributed by atoms with Gasteiger partial charge in [0.2, 0.25) is 0 Å². The van der Waals surface area contributed by atoms with Gasteiger partial charge in [-0.15, -0.1) is 12.4 Å². The van der Waals surface area contributed by atoms with Crippen LogP contribution in [-0.2, 0) is 0 Å². The molecule has 1 aliphatic rings. The number of hydrogen-bond donors (Lipinski definition) is 1. The number of rotatable bonds is 4. The zero-order valence-corrected chi connectivity index (χ0v) is 17.8. The molecule has 0 bridgehead atoms. The minimum atomic E-state index is -0.966. The molecular weight excluding hydrogens is 443 g/mol. The first-order valence-corrected chi connectivity index (χ1v) is 9.56. The first-order chi connectivity index (χ1) is 14.9. The topological polar surface area (TPSA) is 71.0 Å². The van der Waals surface area contributed by atoms with Crippen LogP contribution in [0.3, 0.4) is 0 Å². The van der Waals surface area contributed by atoms with E-state index in [0.29, 0.717) is 25.2 Å². The van der Waals surface area contributed by atoms with Crippen molar-refractivity contribution in [1.82, 2.24) is 15.0 Å². The summed E-state index contributed by atoms with van der Waals surface area (Å²) in [5.74, 6) is -2.96. The molecule has 166 valence electrons. The van der Waals surface area contributed by atoms with Crippen LogP contribution < -0.4 is 10.2 Å². The van der Waals surface area contributed by atoms with Crippen LogP contribution in [0.15, 0.2) is 54.5 Å². The van der Waals surface area contributed by atoms with Gasteiger partial charge in [-0.05, 0) is 43.2 Å². The van der Waals surface area contributed by atoms with E-state index in [4.69, 9.17) is 0 Å². The van der Waals surface area contributed by atoms with Crippen molar-refractivity contribution < 1.29 is 18.0 Å². The zero-order valence-electron chi connectivity index (χ0n) is 17.0. The number of carbonyl (C=O) groups is 1. The summed E-state index contributed by atoms with van der Waals surface area (Å²) in [6.07, 6.45) is 5.02. The second-order valence-electron chi connectivity index (χ2n) is 7.08. The molecule has 1 amide bonds. The minimum Gasteiger partial charge on any atom is -0.349 e. The van der Waals surface area contributed by atoms with Gasteiger partial charge in [0.1, 0.15) is 17.2 Å². The monoisotopic (exact) mass is 461 g/mol. The Kier molecular flexibility index (Phi) is 7.09. The summed E-state index contributed by atoms with van der Waals surface area (Å²) in [6.45, 7) is 3.00. The molecule has 0 fully saturated rings. The highest BCUT2D eigenvalue weighted by Gasteiger charge is 2.23. The lowest BCUT2D eigenvalue weighted by atomic mass is 9.99. The highest BCUT2D eigenvalue weighted by Crippen LogP contribution is 2.29. The summed E-state index contributed by atoms with van der Waals surface area (Å²) >= 11 is 0. The number of hydrogen-bond acceptors (Lipinski definition) is 5. The van der Waals surface area contributed by atoms with Crippen LogP contribution >= 0.6 is 12.4 Å². The van der Waals surface area contributed by atoms with Crippen LogP contribution in [0, 0.1) is 17.5 Å². The van der Waals surface area contributed by atoms with E-state index in [1.165, 1.54) is 30.6 Å². The van der Waals surface area contributed by atoms with Gasteiger partial charge in [0.25, 0.3) is 5.91 Å². The van der Waals surface area contributed by atoms with Gasteiger partial charge in [0.15, 0.2) is 17.5 Å². The van der Waals surface area contributed by atoms with E-state index in [-0.39, 0.29) is 24.0 Å². The molecular formula is C22H19ClF3N5O. The third-order valence-corrected chi connectivity index (χ3v) is 5.05. The summed E-state index contributed by atoms with van der Waals surface area (Å²) in [4.78, 5) is 26.6. The molecule has 1 aromatic carbocycles. The van der Waals surface area contributed by atoms with Crippen molar-refractivity contribution in [2.24, 2.45) is 0 Å². The summed E-state index contributed by atoms with van der Waals surface area (Å²) in [6, 6.07) is 6.08. The molecule has 2 aromatic heterocycles. The molecule has 0 radical (unpaired) electrons. The maximum Gasteiger partial charge on any atom is 0.262 e. The third-order valence-electron chi connectivity index (χ3n) is 5.05. The summed E-state index contributed by atoms with van der Waals surface area (Å²) < 4.78 is 41.7. The van der Waals surface area contributed by atoms with E-state index in [1.807, 2.05) is 11.8 Å². The zero-order chi connectivity index (χ0) is 22.0. The first kappa shape index (κ1) is 23.2. The lowest BCUT2D eigenvalue weighted by Crippen LogP contribution is -2.32. The number of carbonyl (C=O) groups excluding carboxylic acids is 1. The Morgan fingerprint density at radius 1 is 1.00 bits per heavy atom.